The minimum atomic E-state index is -2.24. The van der Waals surface area contributed by atoms with E-state index >= 15 is 0 Å². The third-order valence-corrected chi connectivity index (χ3v) is 4.32. The van der Waals surface area contributed by atoms with Crippen LogP contribution in [-0.4, -0.2) is 45.4 Å². The highest BCUT2D eigenvalue weighted by Gasteiger charge is 2.44. The van der Waals surface area contributed by atoms with E-state index in [2.05, 4.69) is 15.6 Å². The van der Waals surface area contributed by atoms with E-state index in [-0.39, 0.29) is 17.4 Å². The molecular formula is C19H23N3O7S. The number of carbonyl (C=O) groups is 3. The number of ether oxygens (including phenoxy) is 2. The second-order valence-electron chi connectivity index (χ2n) is 7.17. The quantitative estimate of drug-likeness (QED) is 0.435. The highest BCUT2D eigenvalue weighted by Crippen LogP contribution is 2.29. The predicted molar refractivity (Wildman–Crippen MR) is 108 cm³/mol. The standard InChI is InChI=1S/C19H23N3O7S/c1-18(2,3)29-17(27)22-16-21-13(11-30-16)19(15(25)26,20-9-14(23)24)28-10-12-7-5-4-6-8-12/h4-8,11,20H,9-10H2,1-3H3,(H,23,24)(H,25,26)(H,21,22,27). The molecule has 0 radical (unpaired) electrons. The van der Waals surface area contributed by atoms with Crippen molar-refractivity contribution in [3.8, 4) is 0 Å². The molecule has 162 valence electrons. The predicted octanol–water partition coefficient (Wildman–Crippen LogP) is 2.62. The van der Waals surface area contributed by atoms with Crippen molar-refractivity contribution in [1.29, 1.82) is 0 Å². The van der Waals surface area contributed by atoms with E-state index in [1.165, 1.54) is 5.38 Å². The molecule has 30 heavy (non-hydrogen) atoms. The molecule has 1 aromatic heterocycles. The van der Waals surface area contributed by atoms with Crippen molar-refractivity contribution in [3.05, 3.63) is 47.0 Å². The third-order valence-electron chi connectivity index (χ3n) is 3.56. The van der Waals surface area contributed by atoms with Crippen molar-refractivity contribution in [1.82, 2.24) is 10.3 Å². The number of amides is 1. The zero-order valence-corrected chi connectivity index (χ0v) is 17.5. The Morgan fingerprint density at radius 1 is 1.13 bits per heavy atom. The summed E-state index contributed by atoms with van der Waals surface area (Å²) in [6.45, 7) is 4.28. The van der Waals surface area contributed by atoms with Gasteiger partial charge in [-0.15, -0.1) is 11.3 Å². The fourth-order valence-electron chi connectivity index (χ4n) is 2.31. The first-order valence-electron chi connectivity index (χ1n) is 8.86. The van der Waals surface area contributed by atoms with E-state index in [1.54, 1.807) is 51.1 Å². The molecule has 1 aromatic carbocycles. The van der Waals surface area contributed by atoms with Crippen LogP contribution in [0.3, 0.4) is 0 Å². The van der Waals surface area contributed by atoms with Gasteiger partial charge in [-0.05, 0) is 26.3 Å². The molecule has 1 unspecified atom stereocenters. The molecule has 11 heteroatoms. The van der Waals surface area contributed by atoms with Crippen molar-refractivity contribution in [2.45, 2.75) is 38.7 Å². The molecule has 2 rings (SSSR count). The fourth-order valence-corrected chi connectivity index (χ4v) is 3.05. The molecule has 4 N–H and O–H groups in total. The topological polar surface area (TPSA) is 147 Å². The molecule has 0 aliphatic rings. The fraction of sp³-hybridized carbons (Fsp3) is 0.368. The van der Waals surface area contributed by atoms with Crippen LogP contribution in [0, 0.1) is 0 Å². The van der Waals surface area contributed by atoms with Gasteiger partial charge >= 0.3 is 18.0 Å². The largest absolute Gasteiger partial charge is 0.480 e. The molecule has 0 aliphatic heterocycles. The first-order valence-corrected chi connectivity index (χ1v) is 9.74. The molecule has 0 bridgehead atoms. The van der Waals surface area contributed by atoms with E-state index in [1.807, 2.05) is 0 Å². The van der Waals surface area contributed by atoms with Gasteiger partial charge in [0.15, 0.2) is 5.13 Å². The Labute approximate surface area is 176 Å². The smallest absolute Gasteiger partial charge is 0.413 e. The lowest BCUT2D eigenvalue weighted by molar-refractivity contribution is -0.177. The Bertz CT molecular complexity index is 895. The normalized spacial score (nSPS) is 13.3. The molecular weight excluding hydrogens is 414 g/mol. The number of carbonyl (C=O) groups excluding carboxylic acids is 1. The Kier molecular flexibility index (Phi) is 7.48. The van der Waals surface area contributed by atoms with Gasteiger partial charge in [0.25, 0.3) is 5.72 Å². The summed E-state index contributed by atoms with van der Waals surface area (Å²) in [5, 5.41) is 25.2. The lowest BCUT2D eigenvalue weighted by atomic mass is 10.1. The summed E-state index contributed by atoms with van der Waals surface area (Å²) < 4.78 is 10.8. The number of thiazole rings is 1. The van der Waals surface area contributed by atoms with Gasteiger partial charge in [0, 0.05) is 5.38 Å². The summed E-state index contributed by atoms with van der Waals surface area (Å²) in [6, 6.07) is 8.79. The minimum absolute atomic E-state index is 0.0744. The summed E-state index contributed by atoms with van der Waals surface area (Å²) in [7, 11) is 0. The number of aliphatic carboxylic acids is 2. The van der Waals surface area contributed by atoms with Gasteiger partial charge < -0.3 is 19.7 Å². The number of aromatic nitrogens is 1. The van der Waals surface area contributed by atoms with Crippen molar-refractivity contribution >= 4 is 34.5 Å². The number of nitrogens with zero attached hydrogens (tertiary/aromatic N) is 1. The molecule has 1 heterocycles. The van der Waals surface area contributed by atoms with E-state index in [9.17, 15) is 19.5 Å². The van der Waals surface area contributed by atoms with Gasteiger partial charge in [-0.25, -0.2) is 14.6 Å². The second-order valence-corrected chi connectivity index (χ2v) is 8.03. The van der Waals surface area contributed by atoms with Crippen LogP contribution in [0.2, 0.25) is 0 Å². The number of nitrogens with one attached hydrogen (secondary N) is 2. The van der Waals surface area contributed by atoms with Crippen LogP contribution in [0.5, 0.6) is 0 Å². The maximum absolute atomic E-state index is 12.1. The molecule has 1 amide bonds. The molecule has 0 spiro atoms. The van der Waals surface area contributed by atoms with Crippen LogP contribution in [0.1, 0.15) is 32.0 Å². The van der Waals surface area contributed by atoms with E-state index < -0.39 is 35.9 Å². The molecule has 2 aromatic rings. The molecule has 10 nitrogen and oxygen atoms in total. The average Bonchev–Trinajstić information content (AvgIpc) is 3.09. The van der Waals surface area contributed by atoms with Gasteiger partial charge in [-0.2, -0.15) is 0 Å². The van der Waals surface area contributed by atoms with Crippen LogP contribution < -0.4 is 10.6 Å². The Hall–Kier alpha value is -3.02. The van der Waals surface area contributed by atoms with Crippen LogP contribution in [-0.2, 0) is 31.4 Å². The highest BCUT2D eigenvalue weighted by atomic mass is 32.1. The monoisotopic (exact) mass is 437 g/mol. The van der Waals surface area contributed by atoms with E-state index in [0.29, 0.717) is 5.56 Å². The average molecular weight is 437 g/mol. The first-order chi connectivity index (χ1) is 14.0. The zero-order valence-electron chi connectivity index (χ0n) is 16.7. The number of carboxylic acid groups (broad SMARTS) is 2. The summed E-state index contributed by atoms with van der Waals surface area (Å²) in [6.07, 6.45) is -0.756. The Morgan fingerprint density at radius 3 is 2.37 bits per heavy atom. The molecule has 0 saturated carbocycles. The van der Waals surface area contributed by atoms with Gasteiger partial charge in [0.1, 0.15) is 11.3 Å². The van der Waals surface area contributed by atoms with Crippen molar-refractivity contribution in [3.63, 3.8) is 0 Å². The van der Waals surface area contributed by atoms with Gasteiger partial charge in [-0.3, -0.25) is 15.4 Å². The minimum Gasteiger partial charge on any atom is -0.480 e. The number of hydrogen-bond donors (Lipinski definition) is 4. The zero-order chi connectivity index (χ0) is 22.4. The lowest BCUT2D eigenvalue weighted by Crippen LogP contribution is -2.53. The van der Waals surface area contributed by atoms with Gasteiger partial charge in [-0.1, -0.05) is 30.3 Å². The Balaban J connectivity index is 2.29. The third kappa shape index (κ3) is 6.51. The summed E-state index contributed by atoms with van der Waals surface area (Å²) in [4.78, 5) is 39.3. The first kappa shape index (κ1) is 23.3. The SMILES string of the molecule is CC(C)(C)OC(=O)Nc1nc(C(NCC(=O)O)(OCc2ccccc2)C(=O)O)cs1. The van der Waals surface area contributed by atoms with Crippen LogP contribution in [0.15, 0.2) is 35.7 Å². The molecule has 0 saturated heterocycles. The number of rotatable bonds is 9. The van der Waals surface area contributed by atoms with Crippen molar-refractivity contribution in [2.24, 2.45) is 0 Å². The summed E-state index contributed by atoms with van der Waals surface area (Å²) in [5.41, 5.74) is -2.39. The van der Waals surface area contributed by atoms with Crippen molar-refractivity contribution in [2.75, 3.05) is 11.9 Å². The van der Waals surface area contributed by atoms with Crippen LogP contribution in [0.25, 0.3) is 0 Å². The summed E-state index contributed by atoms with van der Waals surface area (Å²) in [5.74, 6) is -2.75. The summed E-state index contributed by atoms with van der Waals surface area (Å²) >= 11 is 0.950. The molecule has 0 aliphatic carbocycles. The van der Waals surface area contributed by atoms with Gasteiger partial charge in [0.05, 0.1) is 13.2 Å². The second kappa shape index (κ2) is 9.65. The number of benzene rings is 1. The van der Waals surface area contributed by atoms with Crippen LogP contribution >= 0.6 is 11.3 Å². The molecule has 0 fully saturated rings. The van der Waals surface area contributed by atoms with Crippen LogP contribution in [0.4, 0.5) is 9.93 Å². The maximum Gasteiger partial charge on any atom is 0.413 e. The maximum atomic E-state index is 12.1. The number of anilines is 1. The lowest BCUT2D eigenvalue weighted by Gasteiger charge is -2.28. The van der Waals surface area contributed by atoms with Gasteiger partial charge in [0.2, 0.25) is 0 Å². The van der Waals surface area contributed by atoms with E-state index in [0.717, 1.165) is 11.3 Å². The van der Waals surface area contributed by atoms with E-state index in [4.69, 9.17) is 14.6 Å². The molecule has 1 atom stereocenters. The number of hydrogen-bond acceptors (Lipinski definition) is 8. The van der Waals surface area contributed by atoms with Crippen molar-refractivity contribution < 1.29 is 34.1 Å². The Morgan fingerprint density at radius 2 is 1.80 bits per heavy atom. The number of carboxylic acids is 2. The highest BCUT2D eigenvalue weighted by molar-refractivity contribution is 7.13.